The Morgan fingerprint density at radius 1 is 1.05 bits per heavy atom. The van der Waals surface area contributed by atoms with Crippen molar-refractivity contribution >= 4 is 11.9 Å². The minimum Gasteiger partial charge on any atom is -0.460 e. The van der Waals surface area contributed by atoms with Crippen molar-refractivity contribution in [3.63, 3.8) is 0 Å². The molecule has 0 aliphatic rings. The Morgan fingerprint density at radius 2 is 1.57 bits per heavy atom. The smallest absolute Gasteiger partial charge is 0.427 e. The highest BCUT2D eigenvalue weighted by Gasteiger charge is 2.43. The molecule has 0 rings (SSSR count). The third-order valence-electron chi connectivity index (χ3n) is 2.04. The molecule has 0 aromatic carbocycles. The van der Waals surface area contributed by atoms with Crippen LogP contribution in [-0.4, -0.2) is 44.0 Å². The van der Waals surface area contributed by atoms with Gasteiger partial charge in [-0.2, -0.15) is 13.2 Å². The van der Waals surface area contributed by atoms with Crippen molar-refractivity contribution in [3.8, 4) is 0 Å². The van der Waals surface area contributed by atoms with Crippen molar-refractivity contribution in [2.45, 2.75) is 26.1 Å². The molecule has 0 fully saturated rings. The standard InChI is InChI=1S/C13H17F3O5/c1-8(2)11(17)20-6-5-19-7-10(13(14,15)16)21-12(18)9(3)4/h10H,1,3,5-7H2,2,4H3. The lowest BCUT2D eigenvalue weighted by atomic mass is 10.3. The first-order valence-corrected chi connectivity index (χ1v) is 5.89. The van der Waals surface area contributed by atoms with Crippen molar-refractivity contribution in [2.24, 2.45) is 0 Å². The van der Waals surface area contributed by atoms with Crippen LogP contribution in [0.1, 0.15) is 13.8 Å². The molecule has 5 nitrogen and oxygen atoms in total. The lowest BCUT2D eigenvalue weighted by molar-refractivity contribution is -0.230. The predicted octanol–water partition coefficient (Wildman–Crippen LogP) is 2.17. The van der Waals surface area contributed by atoms with E-state index in [1.807, 2.05) is 0 Å². The van der Waals surface area contributed by atoms with Crippen LogP contribution in [0.15, 0.2) is 24.3 Å². The van der Waals surface area contributed by atoms with Gasteiger partial charge in [-0.05, 0) is 13.8 Å². The highest BCUT2D eigenvalue weighted by molar-refractivity contribution is 5.87. The van der Waals surface area contributed by atoms with Gasteiger partial charge in [0.1, 0.15) is 6.61 Å². The normalized spacial score (nSPS) is 12.4. The molecule has 120 valence electrons. The summed E-state index contributed by atoms with van der Waals surface area (Å²) >= 11 is 0. The number of esters is 2. The Hall–Kier alpha value is -1.83. The van der Waals surface area contributed by atoms with E-state index >= 15 is 0 Å². The van der Waals surface area contributed by atoms with Gasteiger partial charge >= 0.3 is 18.1 Å². The van der Waals surface area contributed by atoms with E-state index in [-0.39, 0.29) is 24.4 Å². The van der Waals surface area contributed by atoms with Crippen LogP contribution in [0.5, 0.6) is 0 Å². The van der Waals surface area contributed by atoms with E-state index < -0.39 is 30.8 Å². The van der Waals surface area contributed by atoms with Crippen LogP contribution in [0.2, 0.25) is 0 Å². The molecule has 1 unspecified atom stereocenters. The first-order valence-electron chi connectivity index (χ1n) is 5.89. The molecule has 0 bridgehead atoms. The van der Waals surface area contributed by atoms with Crippen LogP contribution in [0.25, 0.3) is 0 Å². The van der Waals surface area contributed by atoms with Crippen molar-refractivity contribution in [3.05, 3.63) is 24.3 Å². The van der Waals surface area contributed by atoms with E-state index in [2.05, 4.69) is 22.6 Å². The van der Waals surface area contributed by atoms with E-state index in [0.29, 0.717) is 0 Å². The summed E-state index contributed by atoms with van der Waals surface area (Å²) in [6.07, 6.45) is -7.17. The molecule has 0 heterocycles. The maximum atomic E-state index is 12.6. The lowest BCUT2D eigenvalue weighted by Crippen LogP contribution is -2.38. The molecule has 0 saturated heterocycles. The number of hydrogen-bond donors (Lipinski definition) is 0. The molecule has 0 amide bonds. The zero-order chi connectivity index (χ0) is 16.6. The number of alkyl halides is 3. The van der Waals surface area contributed by atoms with Gasteiger partial charge < -0.3 is 14.2 Å². The predicted molar refractivity (Wildman–Crippen MR) is 67.3 cm³/mol. The molecule has 0 aromatic rings. The second-order valence-corrected chi connectivity index (χ2v) is 4.21. The average molecular weight is 310 g/mol. The Morgan fingerprint density at radius 3 is 2.00 bits per heavy atom. The van der Waals surface area contributed by atoms with E-state index in [1.54, 1.807) is 0 Å². The van der Waals surface area contributed by atoms with E-state index in [1.165, 1.54) is 13.8 Å². The Labute approximate surface area is 120 Å². The fraction of sp³-hybridized carbons (Fsp3) is 0.538. The molecule has 21 heavy (non-hydrogen) atoms. The lowest BCUT2D eigenvalue weighted by Gasteiger charge is -2.20. The number of carbonyl (C=O) groups is 2. The van der Waals surface area contributed by atoms with Crippen molar-refractivity contribution in [1.29, 1.82) is 0 Å². The molecule has 0 saturated carbocycles. The molecule has 8 heteroatoms. The highest BCUT2D eigenvalue weighted by atomic mass is 19.4. The fourth-order valence-electron chi connectivity index (χ4n) is 0.932. The second kappa shape index (κ2) is 8.46. The van der Waals surface area contributed by atoms with Gasteiger partial charge in [0.25, 0.3) is 0 Å². The molecule has 0 aliphatic carbocycles. The molecule has 1 atom stereocenters. The summed E-state index contributed by atoms with van der Waals surface area (Å²) in [5, 5.41) is 0. The van der Waals surface area contributed by atoms with Crippen LogP contribution in [0.3, 0.4) is 0 Å². The molecule has 0 radical (unpaired) electrons. The first-order chi connectivity index (χ1) is 9.55. The molecular weight excluding hydrogens is 293 g/mol. The minimum atomic E-state index is -4.76. The Bertz CT molecular complexity index is 415. The van der Waals surface area contributed by atoms with Gasteiger partial charge in [0.2, 0.25) is 6.10 Å². The number of halogens is 3. The van der Waals surface area contributed by atoms with Gasteiger partial charge in [-0.15, -0.1) is 0 Å². The van der Waals surface area contributed by atoms with Crippen molar-refractivity contribution in [2.75, 3.05) is 19.8 Å². The van der Waals surface area contributed by atoms with Gasteiger partial charge in [-0.25, -0.2) is 9.59 Å². The molecule has 0 spiro atoms. The third kappa shape index (κ3) is 8.13. The zero-order valence-electron chi connectivity index (χ0n) is 11.8. The number of hydrogen-bond acceptors (Lipinski definition) is 5. The molecule has 0 N–H and O–H groups in total. The number of ether oxygens (including phenoxy) is 3. The van der Waals surface area contributed by atoms with Crippen LogP contribution in [0, 0.1) is 0 Å². The quantitative estimate of drug-likeness (QED) is 0.391. The summed E-state index contributed by atoms with van der Waals surface area (Å²) in [5.74, 6) is -1.82. The van der Waals surface area contributed by atoms with E-state index in [4.69, 9.17) is 4.74 Å². The van der Waals surface area contributed by atoms with Crippen LogP contribution in [-0.2, 0) is 23.8 Å². The average Bonchev–Trinajstić information content (AvgIpc) is 2.34. The summed E-state index contributed by atoms with van der Waals surface area (Å²) < 4.78 is 51.4. The summed E-state index contributed by atoms with van der Waals surface area (Å²) in [4.78, 5) is 22.1. The van der Waals surface area contributed by atoms with Crippen LogP contribution >= 0.6 is 0 Å². The monoisotopic (exact) mass is 310 g/mol. The number of rotatable bonds is 8. The van der Waals surface area contributed by atoms with Gasteiger partial charge in [-0.3, -0.25) is 0 Å². The van der Waals surface area contributed by atoms with Gasteiger partial charge in [-0.1, -0.05) is 13.2 Å². The maximum absolute atomic E-state index is 12.6. The number of carbonyl (C=O) groups excluding carboxylic acids is 2. The summed E-state index contributed by atoms with van der Waals surface area (Å²) in [6, 6.07) is 0. The van der Waals surface area contributed by atoms with Crippen molar-refractivity contribution in [1.82, 2.24) is 0 Å². The Kier molecular flexibility index (Phi) is 7.72. The zero-order valence-corrected chi connectivity index (χ0v) is 11.8. The SMILES string of the molecule is C=C(C)C(=O)OCCOCC(OC(=O)C(=C)C)C(F)(F)F. The summed E-state index contributed by atoms with van der Waals surface area (Å²) in [7, 11) is 0. The molecule has 0 aromatic heterocycles. The van der Waals surface area contributed by atoms with Gasteiger partial charge in [0.15, 0.2) is 0 Å². The Balaban J connectivity index is 4.21. The van der Waals surface area contributed by atoms with Crippen molar-refractivity contribution < 1.29 is 37.0 Å². The summed E-state index contributed by atoms with van der Waals surface area (Å²) in [6.45, 7) is 7.79. The highest BCUT2D eigenvalue weighted by Crippen LogP contribution is 2.24. The largest absolute Gasteiger partial charge is 0.460 e. The fourth-order valence-corrected chi connectivity index (χ4v) is 0.932. The summed E-state index contributed by atoms with van der Waals surface area (Å²) in [5.41, 5.74) is 0.0122. The van der Waals surface area contributed by atoms with Gasteiger partial charge in [0, 0.05) is 11.1 Å². The third-order valence-corrected chi connectivity index (χ3v) is 2.04. The second-order valence-electron chi connectivity index (χ2n) is 4.21. The molecule has 0 aliphatic heterocycles. The maximum Gasteiger partial charge on any atom is 0.427 e. The van der Waals surface area contributed by atoms with Crippen LogP contribution in [0.4, 0.5) is 13.2 Å². The first kappa shape index (κ1) is 19.2. The van der Waals surface area contributed by atoms with Crippen LogP contribution < -0.4 is 0 Å². The molecular formula is C13H17F3O5. The van der Waals surface area contributed by atoms with E-state index in [0.717, 1.165) is 0 Å². The topological polar surface area (TPSA) is 61.8 Å². The van der Waals surface area contributed by atoms with Gasteiger partial charge in [0.05, 0.1) is 13.2 Å². The van der Waals surface area contributed by atoms with E-state index in [9.17, 15) is 22.8 Å². The minimum absolute atomic E-state index is 0.153.